The SMILES string of the molecule is CC[C@@]12CCC(=S)N3CC[C@@]4(C(=Nc5ccccc54)CC1)[C@H]32. The topological polar surface area (TPSA) is 15.6 Å². The Labute approximate surface area is 137 Å². The Morgan fingerprint density at radius 2 is 2.05 bits per heavy atom. The molecule has 3 atom stereocenters. The minimum atomic E-state index is 0.162. The summed E-state index contributed by atoms with van der Waals surface area (Å²) in [5, 5.41) is 0. The summed E-state index contributed by atoms with van der Waals surface area (Å²) in [6.45, 7) is 3.51. The number of piperidine rings is 1. The lowest BCUT2D eigenvalue weighted by Crippen LogP contribution is -2.62. The number of rotatable bonds is 1. The number of para-hydroxylation sites is 1. The molecule has 3 fully saturated rings. The molecule has 2 nitrogen and oxygen atoms in total. The first-order valence-electron chi connectivity index (χ1n) is 8.68. The van der Waals surface area contributed by atoms with Crippen molar-refractivity contribution < 1.29 is 0 Å². The van der Waals surface area contributed by atoms with E-state index in [1.54, 1.807) is 0 Å². The number of benzene rings is 1. The third-order valence-electron chi connectivity index (χ3n) is 6.98. The number of fused-ring (bicyclic) bond motifs is 1. The maximum absolute atomic E-state index is 5.76. The Morgan fingerprint density at radius 3 is 2.91 bits per heavy atom. The van der Waals surface area contributed by atoms with Crippen molar-refractivity contribution >= 4 is 28.6 Å². The summed E-state index contributed by atoms with van der Waals surface area (Å²) in [4.78, 5) is 8.87. The van der Waals surface area contributed by atoms with Crippen molar-refractivity contribution in [3.63, 3.8) is 0 Å². The van der Waals surface area contributed by atoms with E-state index >= 15 is 0 Å². The third-order valence-corrected chi connectivity index (χ3v) is 7.42. The van der Waals surface area contributed by atoms with Crippen LogP contribution in [0, 0.1) is 5.41 Å². The molecular weight excluding hydrogens is 288 g/mol. The van der Waals surface area contributed by atoms with Gasteiger partial charge in [-0.1, -0.05) is 37.3 Å². The molecule has 2 saturated heterocycles. The molecular formula is C19H22N2S. The third kappa shape index (κ3) is 1.33. The summed E-state index contributed by atoms with van der Waals surface area (Å²) in [5.74, 6) is 0. The van der Waals surface area contributed by atoms with Crippen LogP contribution in [0.25, 0.3) is 0 Å². The van der Waals surface area contributed by atoms with Crippen LogP contribution in [-0.2, 0) is 5.41 Å². The molecule has 4 aliphatic rings. The molecule has 0 aromatic heterocycles. The van der Waals surface area contributed by atoms with Gasteiger partial charge in [0.05, 0.1) is 22.1 Å². The van der Waals surface area contributed by atoms with Crippen LogP contribution in [0.15, 0.2) is 29.3 Å². The maximum atomic E-state index is 5.76. The highest BCUT2D eigenvalue weighted by atomic mass is 32.1. The van der Waals surface area contributed by atoms with E-state index in [0.29, 0.717) is 11.5 Å². The fraction of sp³-hybridized carbons (Fsp3) is 0.579. The zero-order valence-electron chi connectivity index (χ0n) is 13.1. The Balaban J connectivity index is 1.77. The van der Waals surface area contributed by atoms with Gasteiger partial charge in [0.1, 0.15) is 0 Å². The zero-order valence-corrected chi connectivity index (χ0v) is 14.0. The predicted octanol–water partition coefficient (Wildman–Crippen LogP) is 4.40. The second kappa shape index (κ2) is 4.19. The summed E-state index contributed by atoms with van der Waals surface area (Å²) in [5.41, 5.74) is 4.77. The van der Waals surface area contributed by atoms with Crippen molar-refractivity contribution in [3.8, 4) is 0 Å². The van der Waals surface area contributed by atoms with Gasteiger partial charge < -0.3 is 4.90 Å². The fourth-order valence-electron chi connectivity index (χ4n) is 5.97. The molecule has 0 N–H and O–H groups in total. The Hall–Kier alpha value is -1.22. The van der Waals surface area contributed by atoms with Crippen LogP contribution in [0.1, 0.15) is 51.0 Å². The molecule has 22 heavy (non-hydrogen) atoms. The van der Waals surface area contributed by atoms with Crippen molar-refractivity contribution in [1.82, 2.24) is 4.90 Å². The molecule has 1 spiro atoms. The Kier molecular flexibility index (Phi) is 2.52. The summed E-state index contributed by atoms with van der Waals surface area (Å²) in [6.07, 6.45) is 7.34. The molecule has 0 unspecified atom stereocenters. The van der Waals surface area contributed by atoms with E-state index in [4.69, 9.17) is 17.2 Å². The van der Waals surface area contributed by atoms with Gasteiger partial charge in [-0.05, 0) is 55.6 Å². The van der Waals surface area contributed by atoms with Crippen LogP contribution in [-0.4, -0.2) is 28.2 Å². The van der Waals surface area contributed by atoms with Gasteiger partial charge >= 0.3 is 0 Å². The van der Waals surface area contributed by atoms with Crippen LogP contribution in [0.3, 0.4) is 0 Å². The second-order valence-corrected chi connectivity index (χ2v) is 7.97. The average Bonchev–Trinajstić information content (AvgIpc) is 3.11. The maximum Gasteiger partial charge on any atom is 0.0782 e. The largest absolute Gasteiger partial charge is 0.361 e. The van der Waals surface area contributed by atoms with E-state index in [-0.39, 0.29) is 5.41 Å². The molecule has 1 aromatic carbocycles. The van der Waals surface area contributed by atoms with Gasteiger partial charge in [0.2, 0.25) is 0 Å². The second-order valence-electron chi connectivity index (χ2n) is 7.50. The number of aliphatic imine (C=N–C) groups is 1. The molecule has 0 bridgehead atoms. The quantitative estimate of drug-likeness (QED) is 0.715. The van der Waals surface area contributed by atoms with Crippen LogP contribution in [0.4, 0.5) is 5.69 Å². The number of hydrogen-bond donors (Lipinski definition) is 0. The first kappa shape index (κ1) is 13.2. The molecule has 3 aliphatic heterocycles. The monoisotopic (exact) mass is 310 g/mol. The van der Waals surface area contributed by atoms with Gasteiger partial charge in [0.25, 0.3) is 0 Å². The van der Waals surface area contributed by atoms with E-state index in [0.717, 1.165) is 13.0 Å². The highest BCUT2D eigenvalue weighted by molar-refractivity contribution is 7.80. The van der Waals surface area contributed by atoms with Crippen molar-refractivity contribution in [1.29, 1.82) is 0 Å². The van der Waals surface area contributed by atoms with E-state index < -0.39 is 0 Å². The molecule has 3 heterocycles. The lowest BCUT2D eigenvalue weighted by Gasteiger charge is -2.56. The Bertz CT molecular complexity index is 709. The summed E-state index contributed by atoms with van der Waals surface area (Å²) < 4.78 is 0. The van der Waals surface area contributed by atoms with E-state index in [2.05, 4.69) is 36.1 Å². The summed E-state index contributed by atoms with van der Waals surface area (Å²) >= 11 is 5.76. The van der Waals surface area contributed by atoms with E-state index in [1.807, 2.05) is 0 Å². The zero-order chi connectivity index (χ0) is 14.9. The van der Waals surface area contributed by atoms with Crippen molar-refractivity contribution in [2.24, 2.45) is 10.4 Å². The molecule has 1 aliphatic carbocycles. The van der Waals surface area contributed by atoms with Gasteiger partial charge in [0, 0.05) is 12.3 Å². The number of thiocarbonyl (C=S) groups is 1. The van der Waals surface area contributed by atoms with Crippen molar-refractivity contribution in [2.75, 3.05) is 6.54 Å². The average molecular weight is 310 g/mol. The first-order valence-corrected chi connectivity index (χ1v) is 9.09. The van der Waals surface area contributed by atoms with Gasteiger partial charge in [-0.2, -0.15) is 0 Å². The van der Waals surface area contributed by atoms with Crippen LogP contribution < -0.4 is 0 Å². The van der Waals surface area contributed by atoms with Crippen LogP contribution in [0.2, 0.25) is 0 Å². The Morgan fingerprint density at radius 1 is 1.23 bits per heavy atom. The fourth-order valence-corrected chi connectivity index (χ4v) is 6.27. The molecule has 114 valence electrons. The lowest BCUT2D eigenvalue weighted by atomic mass is 9.53. The number of hydrogen-bond acceptors (Lipinski definition) is 2. The van der Waals surface area contributed by atoms with E-state index in [1.165, 1.54) is 54.1 Å². The van der Waals surface area contributed by atoms with Crippen LogP contribution >= 0.6 is 12.2 Å². The highest BCUT2D eigenvalue weighted by Crippen LogP contribution is 2.62. The minimum absolute atomic E-state index is 0.162. The van der Waals surface area contributed by atoms with Gasteiger partial charge in [-0.3, -0.25) is 4.99 Å². The highest BCUT2D eigenvalue weighted by Gasteiger charge is 2.65. The van der Waals surface area contributed by atoms with Crippen molar-refractivity contribution in [3.05, 3.63) is 29.8 Å². The molecule has 5 rings (SSSR count). The molecule has 0 radical (unpaired) electrons. The van der Waals surface area contributed by atoms with Crippen molar-refractivity contribution in [2.45, 2.75) is 56.9 Å². The van der Waals surface area contributed by atoms with Gasteiger partial charge in [-0.25, -0.2) is 0 Å². The first-order chi connectivity index (χ1) is 10.7. The number of nitrogens with zero attached hydrogens (tertiary/aromatic N) is 2. The molecule has 1 aromatic rings. The normalized spacial score (nSPS) is 38.4. The van der Waals surface area contributed by atoms with Gasteiger partial charge in [-0.15, -0.1) is 0 Å². The molecule has 1 saturated carbocycles. The molecule has 0 amide bonds. The van der Waals surface area contributed by atoms with Gasteiger partial charge in [0.15, 0.2) is 0 Å². The van der Waals surface area contributed by atoms with Crippen LogP contribution in [0.5, 0.6) is 0 Å². The predicted molar refractivity (Wildman–Crippen MR) is 94.1 cm³/mol. The summed E-state index contributed by atoms with van der Waals surface area (Å²) in [6, 6.07) is 9.41. The lowest BCUT2D eigenvalue weighted by molar-refractivity contribution is 0.0605. The summed E-state index contributed by atoms with van der Waals surface area (Å²) in [7, 11) is 0. The van der Waals surface area contributed by atoms with E-state index in [9.17, 15) is 0 Å². The smallest absolute Gasteiger partial charge is 0.0782 e. The standard InChI is InChI=1S/C19H22N2S/c1-2-18-9-7-15-19(13-5-3-4-6-14(13)20-15)11-12-21(17(18)19)16(22)8-10-18/h3-6,17H,2,7-12H2,1H3/t17-,18+,19-/m1/s1. The molecule has 3 heteroatoms. The minimum Gasteiger partial charge on any atom is -0.361 e.